The largest absolute Gasteiger partial charge is 0.481 e. The lowest BCUT2D eigenvalue weighted by molar-refractivity contribution is -0.182. The molecule has 38 heavy (non-hydrogen) atoms. The van der Waals surface area contributed by atoms with Gasteiger partial charge in [0.1, 0.15) is 12.2 Å². The first-order valence-electron chi connectivity index (χ1n) is 12.7. The molecule has 1 N–H and O–H groups in total. The number of ether oxygens (including phenoxy) is 1. The Morgan fingerprint density at radius 2 is 1.84 bits per heavy atom. The second-order valence-corrected chi connectivity index (χ2v) is 12.7. The predicted octanol–water partition coefficient (Wildman–Crippen LogP) is 5.07. The van der Waals surface area contributed by atoms with Crippen LogP contribution in [-0.4, -0.2) is 65.1 Å². The van der Waals surface area contributed by atoms with Gasteiger partial charge in [-0.3, -0.25) is 9.59 Å². The number of carbonyl (C=O) groups is 2. The quantitative estimate of drug-likeness (QED) is 0.442. The van der Waals surface area contributed by atoms with E-state index in [1.807, 2.05) is 13.8 Å². The lowest BCUT2D eigenvalue weighted by Crippen LogP contribution is -2.57. The van der Waals surface area contributed by atoms with Crippen molar-refractivity contribution in [2.75, 3.05) is 12.3 Å². The van der Waals surface area contributed by atoms with Crippen LogP contribution >= 0.6 is 23.2 Å². The molecule has 2 aromatic rings. The molecule has 0 bridgehead atoms. The number of carboxylic acids is 1. The molecule has 11 heteroatoms. The molecule has 0 spiro atoms. The highest BCUT2D eigenvalue weighted by atomic mass is 35.5. The van der Waals surface area contributed by atoms with Gasteiger partial charge in [-0.2, -0.15) is 4.31 Å². The fraction of sp³-hybridized carbons (Fsp3) is 0.481. The molecule has 0 aliphatic carbocycles. The van der Waals surface area contributed by atoms with E-state index in [0.717, 1.165) is 12.8 Å². The van der Waals surface area contributed by atoms with E-state index in [1.54, 1.807) is 48.5 Å². The monoisotopic (exact) mass is 582 g/mol. The summed E-state index contributed by atoms with van der Waals surface area (Å²) in [6.45, 7) is 4.17. The maximum absolute atomic E-state index is 13.9. The molecule has 2 fully saturated rings. The lowest BCUT2D eigenvalue weighted by atomic mass is 9.89. The molecular weight excluding hydrogens is 551 g/mol. The second kappa shape index (κ2) is 11.9. The van der Waals surface area contributed by atoms with Crippen LogP contribution in [0.2, 0.25) is 10.0 Å². The molecule has 2 aliphatic rings. The number of carboxylic acid groups (broad SMARTS) is 1. The maximum Gasteiger partial charge on any atom is 0.306 e. The molecule has 2 aromatic carbocycles. The smallest absolute Gasteiger partial charge is 0.306 e. The molecule has 2 aliphatic heterocycles. The molecule has 0 aromatic heterocycles. The van der Waals surface area contributed by atoms with Gasteiger partial charge in [0.05, 0.1) is 18.2 Å². The van der Waals surface area contributed by atoms with E-state index in [9.17, 15) is 23.1 Å². The van der Waals surface area contributed by atoms with E-state index in [2.05, 4.69) is 0 Å². The van der Waals surface area contributed by atoms with Crippen LogP contribution in [0.4, 0.5) is 0 Å². The predicted molar refractivity (Wildman–Crippen MR) is 146 cm³/mol. The number of amides is 1. The third-order valence-electron chi connectivity index (χ3n) is 7.29. The Morgan fingerprint density at radius 1 is 1.13 bits per heavy atom. The molecule has 4 rings (SSSR count). The summed E-state index contributed by atoms with van der Waals surface area (Å²) < 4.78 is 34.8. The normalized spacial score (nSPS) is 25.5. The van der Waals surface area contributed by atoms with Crippen molar-refractivity contribution in [1.82, 2.24) is 9.21 Å². The van der Waals surface area contributed by atoms with E-state index in [4.69, 9.17) is 27.9 Å². The first kappa shape index (κ1) is 28.8. The van der Waals surface area contributed by atoms with Crippen molar-refractivity contribution < 1.29 is 27.9 Å². The number of aliphatic carboxylic acids is 1. The van der Waals surface area contributed by atoms with Crippen LogP contribution in [0.15, 0.2) is 48.5 Å². The first-order chi connectivity index (χ1) is 18.0. The molecule has 206 valence electrons. The van der Waals surface area contributed by atoms with E-state index in [1.165, 1.54) is 9.21 Å². The highest BCUT2D eigenvalue weighted by Crippen LogP contribution is 2.45. The Bertz CT molecular complexity index is 1270. The average molecular weight is 584 g/mol. The number of morpholine rings is 1. The average Bonchev–Trinajstić information content (AvgIpc) is 3.31. The minimum Gasteiger partial charge on any atom is -0.481 e. The van der Waals surface area contributed by atoms with Crippen LogP contribution in [0.5, 0.6) is 0 Å². The number of nitrogens with zero attached hydrogens (tertiary/aromatic N) is 2. The molecule has 1 amide bonds. The van der Waals surface area contributed by atoms with Gasteiger partial charge in [-0.25, -0.2) is 8.42 Å². The number of hydrogen-bond donors (Lipinski definition) is 1. The number of hydrogen-bond acceptors (Lipinski definition) is 5. The highest BCUT2D eigenvalue weighted by Gasteiger charge is 2.48. The summed E-state index contributed by atoms with van der Waals surface area (Å²) in [5.74, 6) is -2.02. The Hall–Kier alpha value is -2.17. The van der Waals surface area contributed by atoms with Crippen molar-refractivity contribution >= 4 is 45.1 Å². The molecule has 2 saturated heterocycles. The number of benzene rings is 2. The van der Waals surface area contributed by atoms with Crippen LogP contribution in [0.25, 0.3) is 0 Å². The number of sulfonamides is 1. The topological polar surface area (TPSA) is 104 Å². The Labute approximate surface area is 233 Å². The number of halogens is 2. The van der Waals surface area contributed by atoms with Crippen LogP contribution in [0.3, 0.4) is 0 Å². The van der Waals surface area contributed by atoms with Gasteiger partial charge in [0, 0.05) is 28.7 Å². The molecular formula is C27H32Cl2N2O6S. The summed E-state index contributed by atoms with van der Waals surface area (Å²) >= 11 is 12.4. The molecule has 2 heterocycles. The summed E-state index contributed by atoms with van der Waals surface area (Å²) in [5, 5.41) is 10.5. The van der Waals surface area contributed by atoms with Gasteiger partial charge in [-0.05, 0) is 61.6 Å². The van der Waals surface area contributed by atoms with Gasteiger partial charge in [-0.1, -0.05) is 54.4 Å². The zero-order chi connectivity index (χ0) is 27.6. The van der Waals surface area contributed by atoms with Crippen LogP contribution in [0.1, 0.15) is 62.8 Å². The van der Waals surface area contributed by atoms with Gasteiger partial charge < -0.3 is 14.7 Å². The van der Waals surface area contributed by atoms with Crippen molar-refractivity contribution in [2.24, 2.45) is 0 Å². The van der Waals surface area contributed by atoms with Crippen molar-refractivity contribution in [2.45, 2.75) is 69.9 Å². The Morgan fingerprint density at radius 3 is 2.42 bits per heavy atom. The molecule has 8 nitrogen and oxygen atoms in total. The molecule has 0 saturated carbocycles. The number of rotatable bonds is 9. The van der Waals surface area contributed by atoms with Crippen molar-refractivity contribution in [3.63, 3.8) is 0 Å². The summed E-state index contributed by atoms with van der Waals surface area (Å²) in [6.07, 6.45) is -0.705. The van der Waals surface area contributed by atoms with E-state index in [0.29, 0.717) is 34.1 Å². The van der Waals surface area contributed by atoms with Crippen molar-refractivity contribution in [3.05, 3.63) is 69.7 Å². The Balaban J connectivity index is 1.83. The standard InChI is InChI=1S/C27H32Cl2N2O6S/c1-3-22(16-38(35,36)30-13-5-6-17(30)2)31-25(18-9-11-20(28)12-10-18)26(19-7-4-8-21(29)14-19)37-23(27(31)34)15-24(32)33/h4,7-12,14,17,22-23,25-26H,3,5-6,13,15-16H2,1-2H3,(H,32,33)/t17-,22?,23+,25+,26+/m0/s1. The van der Waals surface area contributed by atoms with Gasteiger partial charge in [0.2, 0.25) is 10.0 Å². The van der Waals surface area contributed by atoms with Crippen molar-refractivity contribution in [1.29, 1.82) is 0 Å². The molecule has 1 unspecified atom stereocenters. The molecule has 5 atom stereocenters. The fourth-order valence-electron chi connectivity index (χ4n) is 5.45. The van der Waals surface area contributed by atoms with E-state index in [-0.39, 0.29) is 11.8 Å². The second-order valence-electron chi connectivity index (χ2n) is 9.88. The minimum atomic E-state index is -3.69. The zero-order valence-electron chi connectivity index (χ0n) is 21.3. The first-order valence-corrected chi connectivity index (χ1v) is 15.1. The third kappa shape index (κ3) is 6.18. The minimum absolute atomic E-state index is 0.107. The summed E-state index contributed by atoms with van der Waals surface area (Å²) in [5.41, 5.74) is 1.34. The SMILES string of the molecule is CCC(CS(=O)(=O)N1CCC[C@@H]1C)N1C(=O)[C@@H](CC(=O)O)O[C@H](c2cccc(Cl)c2)[C@H]1c1ccc(Cl)cc1. The van der Waals surface area contributed by atoms with E-state index >= 15 is 0 Å². The fourth-order valence-corrected chi connectivity index (χ4v) is 7.91. The van der Waals surface area contributed by atoms with Gasteiger partial charge in [0.15, 0.2) is 0 Å². The van der Waals surface area contributed by atoms with Crippen LogP contribution < -0.4 is 0 Å². The van der Waals surface area contributed by atoms with Gasteiger partial charge in [-0.15, -0.1) is 0 Å². The zero-order valence-corrected chi connectivity index (χ0v) is 23.6. The van der Waals surface area contributed by atoms with Gasteiger partial charge >= 0.3 is 5.97 Å². The third-order valence-corrected chi connectivity index (χ3v) is 9.84. The number of carbonyl (C=O) groups excluding carboxylic acids is 1. The highest BCUT2D eigenvalue weighted by molar-refractivity contribution is 7.89. The van der Waals surface area contributed by atoms with Gasteiger partial charge in [0.25, 0.3) is 5.91 Å². The summed E-state index contributed by atoms with van der Waals surface area (Å²) in [7, 11) is -3.69. The maximum atomic E-state index is 13.9. The molecule has 0 radical (unpaired) electrons. The summed E-state index contributed by atoms with van der Waals surface area (Å²) in [4.78, 5) is 27.1. The van der Waals surface area contributed by atoms with Crippen molar-refractivity contribution in [3.8, 4) is 0 Å². The van der Waals surface area contributed by atoms with Crippen LogP contribution in [-0.2, 0) is 24.3 Å². The van der Waals surface area contributed by atoms with E-state index < -0.39 is 52.6 Å². The van der Waals surface area contributed by atoms with Crippen LogP contribution in [0, 0.1) is 0 Å². The lowest BCUT2D eigenvalue weighted by Gasteiger charge is -2.48. The summed E-state index contributed by atoms with van der Waals surface area (Å²) in [6, 6.07) is 12.4. The Kier molecular flexibility index (Phi) is 9.04.